The van der Waals surface area contributed by atoms with E-state index in [1.807, 2.05) is 61.7 Å². The van der Waals surface area contributed by atoms with Gasteiger partial charge in [-0.25, -0.2) is 5.43 Å². The predicted octanol–water partition coefficient (Wildman–Crippen LogP) is 3.92. The third-order valence-corrected chi connectivity index (χ3v) is 5.79. The van der Waals surface area contributed by atoms with Crippen molar-refractivity contribution in [3.8, 4) is 22.9 Å². The van der Waals surface area contributed by atoms with Crippen molar-refractivity contribution < 1.29 is 14.3 Å². The third kappa shape index (κ3) is 5.47. The molecule has 0 fully saturated rings. The number of hydrogen-bond acceptors (Lipinski definition) is 7. The molecule has 1 amide bonds. The van der Waals surface area contributed by atoms with Crippen LogP contribution >= 0.6 is 11.8 Å². The molecule has 2 aromatic carbocycles. The van der Waals surface area contributed by atoms with Crippen molar-refractivity contribution in [2.24, 2.45) is 5.10 Å². The lowest BCUT2D eigenvalue weighted by Crippen LogP contribution is -2.21. The second-order valence-electron chi connectivity index (χ2n) is 7.01. The van der Waals surface area contributed by atoms with Crippen LogP contribution in [0.4, 0.5) is 0 Å². The van der Waals surface area contributed by atoms with Gasteiger partial charge in [0.15, 0.2) is 22.5 Å². The Hall–Kier alpha value is -3.33. The van der Waals surface area contributed by atoms with E-state index < -0.39 is 0 Å². The number of methoxy groups -OCH3 is 2. The van der Waals surface area contributed by atoms with Gasteiger partial charge in [0.25, 0.3) is 5.91 Å². The van der Waals surface area contributed by atoms with Crippen LogP contribution in [0.25, 0.3) is 11.4 Å². The van der Waals surface area contributed by atoms with Gasteiger partial charge in [0.05, 0.1) is 25.7 Å². The first-order valence-electron chi connectivity index (χ1n) is 10.1. The van der Waals surface area contributed by atoms with Crippen molar-refractivity contribution in [3.63, 3.8) is 0 Å². The molecule has 0 radical (unpaired) electrons. The molecule has 1 heterocycles. The molecule has 0 aliphatic rings. The fourth-order valence-corrected chi connectivity index (χ4v) is 3.83. The first kappa shape index (κ1) is 23.3. The largest absolute Gasteiger partial charge is 0.493 e. The Morgan fingerprint density at radius 3 is 2.47 bits per heavy atom. The van der Waals surface area contributed by atoms with E-state index in [1.54, 1.807) is 20.3 Å². The van der Waals surface area contributed by atoms with Gasteiger partial charge in [0.2, 0.25) is 0 Å². The van der Waals surface area contributed by atoms with E-state index in [-0.39, 0.29) is 11.7 Å². The molecule has 3 aromatic rings. The van der Waals surface area contributed by atoms with Crippen LogP contribution in [0.15, 0.2) is 52.7 Å². The summed E-state index contributed by atoms with van der Waals surface area (Å²) in [7, 11) is 3.16. The summed E-state index contributed by atoms with van der Waals surface area (Å²) in [6, 6.07) is 13.6. The molecule has 8 nitrogen and oxygen atoms in total. The van der Waals surface area contributed by atoms with Crippen molar-refractivity contribution in [2.75, 3.05) is 20.0 Å². The summed E-state index contributed by atoms with van der Waals surface area (Å²) >= 11 is 1.33. The van der Waals surface area contributed by atoms with Crippen molar-refractivity contribution in [3.05, 3.63) is 53.6 Å². The van der Waals surface area contributed by atoms with Gasteiger partial charge in [0, 0.05) is 17.7 Å². The number of aryl methyl sites for hydroxylation is 1. The zero-order valence-electron chi connectivity index (χ0n) is 18.9. The SMILES string of the molecule is CCn1c(SCC(=O)N/N=C(/C)c2ccc(OC)c(OC)c2)nnc1-c1ccc(C)cc1. The zero-order chi connectivity index (χ0) is 23.1. The highest BCUT2D eigenvalue weighted by Gasteiger charge is 2.14. The molecule has 0 aliphatic heterocycles. The molecule has 1 N–H and O–H groups in total. The molecule has 168 valence electrons. The number of hydrogen-bond donors (Lipinski definition) is 1. The number of nitrogens with one attached hydrogen (secondary N) is 1. The zero-order valence-corrected chi connectivity index (χ0v) is 19.7. The van der Waals surface area contributed by atoms with E-state index in [1.165, 1.54) is 17.3 Å². The maximum atomic E-state index is 12.3. The standard InChI is InChI=1S/C23H27N5O3S/c1-6-28-22(17-9-7-15(2)8-10-17)26-27-23(28)32-14-21(29)25-24-16(3)18-11-12-19(30-4)20(13-18)31-5/h7-13H,6,14H2,1-5H3,(H,25,29)/b24-16-. The lowest BCUT2D eigenvalue weighted by atomic mass is 10.1. The maximum Gasteiger partial charge on any atom is 0.250 e. The van der Waals surface area contributed by atoms with Crippen LogP contribution in [0.1, 0.15) is 25.0 Å². The van der Waals surface area contributed by atoms with E-state index in [2.05, 4.69) is 20.7 Å². The smallest absolute Gasteiger partial charge is 0.250 e. The molecule has 3 rings (SSSR count). The van der Waals surface area contributed by atoms with Gasteiger partial charge in [-0.3, -0.25) is 4.79 Å². The molecule has 0 aliphatic carbocycles. The minimum Gasteiger partial charge on any atom is -0.493 e. The summed E-state index contributed by atoms with van der Waals surface area (Å²) in [4.78, 5) is 12.3. The minimum atomic E-state index is -0.225. The van der Waals surface area contributed by atoms with Crippen LogP contribution in [0.5, 0.6) is 11.5 Å². The first-order chi connectivity index (χ1) is 15.5. The van der Waals surface area contributed by atoms with Crippen molar-refractivity contribution in [1.82, 2.24) is 20.2 Å². The van der Waals surface area contributed by atoms with Gasteiger partial charge in [0.1, 0.15) is 0 Å². The van der Waals surface area contributed by atoms with E-state index in [4.69, 9.17) is 9.47 Å². The van der Waals surface area contributed by atoms with Gasteiger partial charge < -0.3 is 14.0 Å². The Kier molecular flexibility index (Phi) is 7.88. The fourth-order valence-electron chi connectivity index (χ4n) is 3.03. The van der Waals surface area contributed by atoms with Gasteiger partial charge >= 0.3 is 0 Å². The third-order valence-electron chi connectivity index (χ3n) is 4.82. The van der Waals surface area contributed by atoms with E-state index in [9.17, 15) is 4.79 Å². The normalized spacial score (nSPS) is 11.3. The van der Waals surface area contributed by atoms with E-state index in [0.717, 1.165) is 17.0 Å². The Balaban J connectivity index is 1.63. The number of aromatic nitrogens is 3. The minimum absolute atomic E-state index is 0.175. The topological polar surface area (TPSA) is 90.6 Å². The average molecular weight is 454 g/mol. The molecule has 32 heavy (non-hydrogen) atoms. The number of carbonyl (C=O) groups is 1. The van der Waals surface area contributed by atoms with Gasteiger partial charge in [-0.15, -0.1) is 10.2 Å². The van der Waals surface area contributed by atoms with Gasteiger partial charge in [-0.2, -0.15) is 5.10 Å². The molecular formula is C23H27N5O3S. The van der Waals surface area contributed by atoms with Crippen LogP contribution in [-0.4, -0.2) is 46.4 Å². The number of ether oxygens (including phenoxy) is 2. The second-order valence-corrected chi connectivity index (χ2v) is 7.95. The van der Waals surface area contributed by atoms with Crippen LogP contribution in [0, 0.1) is 6.92 Å². The predicted molar refractivity (Wildman–Crippen MR) is 126 cm³/mol. The number of carbonyl (C=O) groups excluding carboxylic acids is 1. The summed E-state index contributed by atoms with van der Waals surface area (Å²) in [5, 5.41) is 13.5. The Labute approximate surface area is 192 Å². The maximum absolute atomic E-state index is 12.3. The summed E-state index contributed by atoms with van der Waals surface area (Å²) in [5.74, 6) is 1.98. The van der Waals surface area contributed by atoms with Crippen molar-refractivity contribution in [2.45, 2.75) is 32.5 Å². The Bertz CT molecular complexity index is 1110. The Morgan fingerprint density at radius 1 is 1.09 bits per heavy atom. The average Bonchev–Trinajstić information content (AvgIpc) is 3.24. The molecule has 9 heteroatoms. The summed E-state index contributed by atoms with van der Waals surface area (Å²) in [6.45, 7) is 6.60. The van der Waals surface area contributed by atoms with Crippen LogP contribution < -0.4 is 14.9 Å². The highest BCUT2D eigenvalue weighted by atomic mass is 32.2. The first-order valence-corrected chi connectivity index (χ1v) is 11.1. The lowest BCUT2D eigenvalue weighted by Gasteiger charge is -2.09. The lowest BCUT2D eigenvalue weighted by molar-refractivity contribution is -0.118. The van der Waals surface area contributed by atoms with E-state index >= 15 is 0 Å². The molecule has 0 spiro atoms. The number of benzene rings is 2. The summed E-state index contributed by atoms with van der Waals surface area (Å²) in [6.07, 6.45) is 0. The Morgan fingerprint density at radius 2 is 1.81 bits per heavy atom. The fraction of sp³-hybridized carbons (Fsp3) is 0.304. The van der Waals surface area contributed by atoms with Crippen LogP contribution in [-0.2, 0) is 11.3 Å². The van der Waals surface area contributed by atoms with E-state index in [0.29, 0.717) is 28.9 Å². The molecule has 1 aromatic heterocycles. The number of rotatable bonds is 9. The van der Waals surface area contributed by atoms with Crippen molar-refractivity contribution >= 4 is 23.4 Å². The van der Waals surface area contributed by atoms with Crippen LogP contribution in [0.3, 0.4) is 0 Å². The van der Waals surface area contributed by atoms with Gasteiger partial charge in [-0.05, 0) is 39.0 Å². The molecule has 0 atom stereocenters. The molecule has 0 saturated heterocycles. The van der Waals surface area contributed by atoms with Crippen molar-refractivity contribution in [1.29, 1.82) is 0 Å². The number of thioether (sulfide) groups is 1. The number of amides is 1. The molecule has 0 saturated carbocycles. The monoisotopic (exact) mass is 453 g/mol. The number of hydrazone groups is 1. The second kappa shape index (κ2) is 10.8. The van der Waals surface area contributed by atoms with Gasteiger partial charge in [-0.1, -0.05) is 41.6 Å². The molecular weight excluding hydrogens is 426 g/mol. The van der Waals surface area contributed by atoms with Crippen LogP contribution in [0.2, 0.25) is 0 Å². The molecule has 0 bridgehead atoms. The quantitative estimate of drug-likeness (QED) is 0.300. The highest BCUT2D eigenvalue weighted by molar-refractivity contribution is 7.99. The number of nitrogens with zero attached hydrogens (tertiary/aromatic N) is 4. The molecule has 0 unspecified atom stereocenters. The summed E-state index contributed by atoms with van der Waals surface area (Å²) < 4.78 is 12.6. The summed E-state index contributed by atoms with van der Waals surface area (Å²) in [5.41, 5.74) is 6.26. The highest BCUT2D eigenvalue weighted by Crippen LogP contribution is 2.28.